The summed E-state index contributed by atoms with van der Waals surface area (Å²) in [4.78, 5) is 3.24. The molecule has 0 amide bonds. The molecule has 0 fully saturated rings. The maximum absolute atomic E-state index is 13.4. The van der Waals surface area contributed by atoms with Crippen molar-refractivity contribution in [3.8, 4) is 16.9 Å². The van der Waals surface area contributed by atoms with E-state index in [0.29, 0.717) is 0 Å². The minimum atomic E-state index is -5.87. The van der Waals surface area contributed by atoms with E-state index in [4.69, 9.17) is 4.74 Å². The van der Waals surface area contributed by atoms with Gasteiger partial charge in [0, 0.05) is 9.79 Å². The summed E-state index contributed by atoms with van der Waals surface area (Å²) in [6, 6.07) is 22.6. The fourth-order valence-electron chi connectivity index (χ4n) is 4.60. The van der Waals surface area contributed by atoms with Crippen molar-refractivity contribution in [1.82, 2.24) is 0 Å². The molecule has 0 bridgehead atoms. The molecule has 0 aromatic heterocycles. The molecule has 5 rings (SSSR count). The molecule has 0 unspecified atom stereocenters. The molecule has 0 aliphatic carbocycles. The fourth-order valence-corrected chi connectivity index (χ4v) is 7.20. The molecule has 0 saturated carbocycles. The molecule has 1 heterocycles. The summed E-state index contributed by atoms with van der Waals surface area (Å²) in [5.41, 5.74) is -6.07. The van der Waals surface area contributed by atoms with Crippen LogP contribution < -0.4 is 4.74 Å². The molecule has 11 heteroatoms. The highest BCUT2D eigenvalue weighted by Gasteiger charge is 2.50. The van der Waals surface area contributed by atoms with Gasteiger partial charge in [0.25, 0.3) is 0 Å². The van der Waals surface area contributed by atoms with E-state index in [1.54, 1.807) is 12.1 Å². The highest BCUT2D eigenvalue weighted by molar-refractivity contribution is 8.17. The summed E-state index contributed by atoms with van der Waals surface area (Å²) in [5.74, 6) is 0.136. The molecule has 1 aliphatic heterocycles. The van der Waals surface area contributed by atoms with Gasteiger partial charge in [-0.1, -0.05) is 36.4 Å². The second-order valence-corrected chi connectivity index (χ2v) is 10.9. The molecule has 0 atom stereocenters. The number of halogens is 9. The van der Waals surface area contributed by atoms with Crippen LogP contribution in [0.1, 0.15) is 22.3 Å². The minimum absolute atomic E-state index is 0.0437. The maximum atomic E-state index is 13.4. The Labute approximate surface area is 219 Å². The highest BCUT2D eigenvalue weighted by atomic mass is 32.2. The Bertz CT molecular complexity index is 1440. The average Bonchev–Trinajstić information content (AvgIpc) is 3.20. The molecule has 1 aliphatic rings. The zero-order chi connectivity index (χ0) is 28.2. The molecule has 0 spiro atoms. The van der Waals surface area contributed by atoms with Crippen molar-refractivity contribution in [1.29, 1.82) is 0 Å². The van der Waals surface area contributed by atoms with E-state index < -0.39 is 58.3 Å². The lowest BCUT2D eigenvalue weighted by Gasteiger charge is -2.22. The molecule has 1 nitrogen and oxygen atoms in total. The van der Waals surface area contributed by atoms with Gasteiger partial charge >= 0.3 is 18.5 Å². The van der Waals surface area contributed by atoms with E-state index in [1.807, 2.05) is 48.5 Å². The van der Waals surface area contributed by atoms with Gasteiger partial charge in [-0.2, -0.15) is 50.4 Å². The number of hydrogen-bond acceptors (Lipinski definition) is 1. The molecule has 204 valence electrons. The molecule has 4 aromatic carbocycles. The fraction of sp³-hybridized carbons (Fsp3) is 0.143. The van der Waals surface area contributed by atoms with Crippen LogP contribution in [0, 0.1) is 0 Å². The van der Waals surface area contributed by atoms with Crippen molar-refractivity contribution in [2.75, 3.05) is 0 Å². The van der Waals surface area contributed by atoms with Crippen LogP contribution in [0.5, 0.6) is 5.75 Å². The van der Waals surface area contributed by atoms with Gasteiger partial charge in [0.2, 0.25) is 0 Å². The number of ether oxygens (including phenoxy) is 1. The third-order valence-electron chi connectivity index (χ3n) is 6.17. The van der Waals surface area contributed by atoms with E-state index in [0.717, 1.165) is 25.8 Å². The molecular formula is C28H17F9OS. The van der Waals surface area contributed by atoms with Gasteiger partial charge in [-0.15, -0.1) is 0 Å². The highest BCUT2D eigenvalue weighted by Crippen LogP contribution is 2.62. The van der Waals surface area contributed by atoms with Crippen LogP contribution >= 0.6 is 10.9 Å². The minimum Gasteiger partial charge on any atom is -0.489 e. The van der Waals surface area contributed by atoms with Gasteiger partial charge < -0.3 is 4.74 Å². The average molecular weight is 572 g/mol. The second-order valence-electron chi connectivity index (χ2n) is 8.71. The van der Waals surface area contributed by atoms with E-state index in [-0.39, 0.29) is 17.9 Å². The predicted octanol–water partition coefficient (Wildman–Crippen LogP) is 9.78. The Kier molecular flexibility index (Phi) is 6.61. The van der Waals surface area contributed by atoms with E-state index in [1.165, 1.54) is 12.1 Å². The molecule has 39 heavy (non-hydrogen) atoms. The Hall–Kier alpha value is -3.60. The van der Waals surface area contributed by atoms with Crippen LogP contribution in [0.3, 0.4) is 0 Å². The zero-order valence-corrected chi connectivity index (χ0v) is 20.4. The Morgan fingerprint density at radius 3 is 1.46 bits per heavy atom. The van der Waals surface area contributed by atoms with E-state index >= 15 is 0 Å². The van der Waals surface area contributed by atoms with Crippen LogP contribution in [0.2, 0.25) is 0 Å². The van der Waals surface area contributed by atoms with Crippen molar-refractivity contribution >= 4 is 10.9 Å². The van der Waals surface area contributed by atoms with Crippen molar-refractivity contribution in [3.05, 3.63) is 107 Å². The summed E-state index contributed by atoms with van der Waals surface area (Å²) in [5, 5.41) is 0. The third-order valence-corrected chi connectivity index (χ3v) is 8.73. The molecule has 4 aromatic rings. The van der Waals surface area contributed by atoms with Crippen LogP contribution in [-0.4, -0.2) is 0 Å². The first-order valence-electron chi connectivity index (χ1n) is 11.3. The lowest BCUT2D eigenvalue weighted by Crippen LogP contribution is -2.23. The third kappa shape index (κ3) is 5.19. The topological polar surface area (TPSA) is 9.23 Å². The standard InChI is InChI=1S/C28H17F9OS/c29-26(30,31)21-13-16(14-22(27(32,33)34)25(21)28(35,36)37)15-38-17-9-11-18(12-10-17)39-23-7-3-1-5-19(23)20-6-2-4-8-24(20)39/h1-14,39H,15H2. The van der Waals surface area contributed by atoms with Gasteiger partial charge in [-0.05, 0) is 70.1 Å². The second kappa shape index (κ2) is 9.55. The summed E-state index contributed by atoms with van der Waals surface area (Å²) < 4.78 is 126. The Morgan fingerprint density at radius 1 is 0.564 bits per heavy atom. The SMILES string of the molecule is FC(F)(F)c1cc(COc2ccc([SH]3c4ccccc4-c4ccccc43)cc2)cc(C(F)(F)F)c1C(F)(F)F. The predicted molar refractivity (Wildman–Crippen MR) is 128 cm³/mol. The lowest BCUT2D eigenvalue weighted by atomic mass is 9.96. The largest absolute Gasteiger partial charge is 0.489 e. The number of hydrogen-bond donors (Lipinski definition) is 1. The summed E-state index contributed by atoms with van der Waals surface area (Å²) in [7, 11) is -0.899. The summed E-state index contributed by atoms with van der Waals surface area (Å²) in [6.45, 7) is -0.802. The number of rotatable bonds is 4. The van der Waals surface area contributed by atoms with Crippen molar-refractivity contribution in [2.24, 2.45) is 0 Å². The van der Waals surface area contributed by atoms with Crippen LogP contribution in [-0.2, 0) is 25.1 Å². The van der Waals surface area contributed by atoms with Crippen molar-refractivity contribution in [2.45, 2.75) is 39.8 Å². The van der Waals surface area contributed by atoms with E-state index in [9.17, 15) is 39.5 Å². The smallest absolute Gasteiger partial charge is 0.417 e. The molecule has 0 N–H and O–H groups in total. The van der Waals surface area contributed by atoms with Crippen LogP contribution in [0.15, 0.2) is 99.6 Å². The van der Waals surface area contributed by atoms with Gasteiger partial charge in [0.1, 0.15) is 12.4 Å². The van der Waals surface area contributed by atoms with Crippen molar-refractivity contribution < 1.29 is 44.3 Å². The quantitative estimate of drug-likeness (QED) is 0.167. The summed E-state index contributed by atoms with van der Waals surface area (Å²) >= 11 is 0. The first-order chi connectivity index (χ1) is 18.2. The molecule has 0 saturated heterocycles. The summed E-state index contributed by atoms with van der Waals surface area (Å²) in [6.07, 6.45) is -17.2. The van der Waals surface area contributed by atoms with Crippen LogP contribution in [0.4, 0.5) is 39.5 Å². The molecular weight excluding hydrogens is 555 g/mol. The van der Waals surface area contributed by atoms with Gasteiger partial charge in [0.05, 0.1) is 16.7 Å². The maximum Gasteiger partial charge on any atom is 0.417 e. The van der Waals surface area contributed by atoms with Gasteiger partial charge in [-0.3, -0.25) is 0 Å². The van der Waals surface area contributed by atoms with Crippen molar-refractivity contribution in [3.63, 3.8) is 0 Å². The van der Waals surface area contributed by atoms with Gasteiger partial charge in [0.15, 0.2) is 0 Å². The first-order valence-corrected chi connectivity index (χ1v) is 12.7. The van der Waals surface area contributed by atoms with Gasteiger partial charge in [-0.25, -0.2) is 0 Å². The first kappa shape index (κ1) is 27.0. The number of benzene rings is 4. The van der Waals surface area contributed by atoms with E-state index in [2.05, 4.69) is 0 Å². The number of alkyl halides is 9. The number of thiol groups is 1. The zero-order valence-electron chi connectivity index (χ0n) is 19.5. The normalized spacial score (nSPS) is 14.2. The number of fused-ring (bicyclic) bond motifs is 3. The lowest BCUT2D eigenvalue weighted by molar-refractivity contribution is -0.174. The Morgan fingerprint density at radius 2 is 1.03 bits per heavy atom. The monoisotopic (exact) mass is 572 g/mol. The van der Waals surface area contributed by atoms with Crippen LogP contribution in [0.25, 0.3) is 11.1 Å². The molecule has 0 radical (unpaired) electrons. The Balaban J connectivity index is 1.44.